The van der Waals surface area contributed by atoms with Gasteiger partial charge in [-0.2, -0.15) is 36.5 Å². The Morgan fingerprint density at radius 3 is 1.98 bits per heavy atom. The highest BCUT2D eigenvalue weighted by Gasteiger charge is 2.35. The molecule has 0 fully saturated rings. The van der Waals surface area contributed by atoms with Gasteiger partial charge in [-0.25, -0.2) is 9.78 Å². The van der Waals surface area contributed by atoms with Gasteiger partial charge in [0.25, 0.3) is 0 Å². The number of ether oxygens (including phenoxy) is 1. The van der Waals surface area contributed by atoms with Crippen molar-refractivity contribution < 1.29 is 45.5 Å². The van der Waals surface area contributed by atoms with Crippen molar-refractivity contribution in [1.82, 2.24) is 29.4 Å². The summed E-state index contributed by atoms with van der Waals surface area (Å²) in [5.74, 6) is -0.789. The molecule has 1 amide bonds. The van der Waals surface area contributed by atoms with Crippen molar-refractivity contribution in [2.24, 2.45) is 0 Å². The molecule has 0 spiro atoms. The minimum absolute atomic E-state index is 0.242. The summed E-state index contributed by atoms with van der Waals surface area (Å²) in [6.45, 7) is 5.00. The highest BCUT2D eigenvalue weighted by Crippen LogP contribution is 2.30. The van der Waals surface area contributed by atoms with Crippen LogP contribution in [0.2, 0.25) is 0 Å². The molecule has 0 aromatic carbocycles. The molecular weight excluding hydrogens is 630 g/mol. The van der Waals surface area contributed by atoms with E-state index in [1.165, 1.54) is 25.2 Å². The second-order valence-electron chi connectivity index (χ2n) is 9.09. The first kappa shape index (κ1) is 33.8. The molecular formula is C25H25ClF6N6O4S. The van der Waals surface area contributed by atoms with Crippen molar-refractivity contribution in [2.75, 3.05) is 19.7 Å². The summed E-state index contributed by atoms with van der Waals surface area (Å²) < 4.78 is 81.6. The summed E-state index contributed by atoms with van der Waals surface area (Å²) in [5, 5.41) is 8.26. The molecule has 1 aliphatic heterocycles. The van der Waals surface area contributed by atoms with E-state index in [0.29, 0.717) is 24.5 Å². The van der Waals surface area contributed by atoms with E-state index in [2.05, 4.69) is 15.2 Å². The van der Waals surface area contributed by atoms with E-state index in [4.69, 9.17) is 16.3 Å². The standard InChI is InChI=1S/C18H19F3N4O3S.C7H6ClF3N2O/c1-3-28-17(27)13-10-29-16(22-13)12-4-6-24(7-5-12)15(26)9-25-11(2)8-14(23-25)18(19,20)21;1-4-2-5(7(9,10)11)12-13(4)3-6(8)14/h4,8,10H,3,5-7,9H2,1-2H3;2H,3H2,1H3. The zero-order valence-corrected chi connectivity index (χ0v) is 24.5. The third kappa shape index (κ3) is 9.13. The number of alkyl halides is 6. The maximum atomic E-state index is 12.8. The summed E-state index contributed by atoms with van der Waals surface area (Å²) >= 11 is 6.35. The van der Waals surface area contributed by atoms with E-state index in [-0.39, 0.29) is 42.7 Å². The third-order valence-electron chi connectivity index (χ3n) is 5.93. The lowest BCUT2D eigenvalue weighted by Gasteiger charge is -2.26. The van der Waals surface area contributed by atoms with E-state index in [1.54, 1.807) is 17.2 Å². The first-order chi connectivity index (χ1) is 20.0. The number of amides is 1. The van der Waals surface area contributed by atoms with E-state index in [1.807, 2.05) is 6.08 Å². The first-order valence-corrected chi connectivity index (χ1v) is 13.8. The molecule has 0 radical (unpaired) electrons. The Balaban J connectivity index is 0.000000303. The van der Waals surface area contributed by atoms with Crippen molar-refractivity contribution in [1.29, 1.82) is 0 Å². The lowest BCUT2D eigenvalue weighted by atomic mass is 10.1. The highest BCUT2D eigenvalue weighted by molar-refractivity contribution is 7.11. The van der Waals surface area contributed by atoms with Crippen LogP contribution in [0, 0.1) is 13.8 Å². The van der Waals surface area contributed by atoms with Crippen LogP contribution in [0.5, 0.6) is 0 Å². The van der Waals surface area contributed by atoms with Gasteiger partial charge in [0.1, 0.15) is 18.1 Å². The number of aryl methyl sites for hydroxylation is 2. The van der Waals surface area contributed by atoms with Gasteiger partial charge < -0.3 is 9.64 Å². The summed E-state index contributed by atoms with van der Waals surface area (Å²) in [6, 6.07) is 1.78. The smallest absolute Gasteiger partial charge is 0.435 e. The SMILES string of the molecule is CCOC(=O)c1csc(C2=CCN(C(=O)Cn3nc(C(F)(F)F)cc3C)CC2)n1.Cc1cc(C(F)(F)F)nn1CC(=O)Cl. The molecule has 4 rings (SSSR count). The van der Waals surface area contributed by atoms with Crippen LogP contribution in [0.15, 0.2) is 23.6 Å². The Kier molecular flexibility index (Phi) is 10.8. The topological polar surface area (TPSA) is 112 Å². The van der Waals surface area contributed by atoms with Crippen molar-refractivity contribution >= 4 is 45.6 Å². The molecule has 10 nitrogen and oxygen atoms in total. The van der Waals surface area contributed by atoms with Gasteiger partial charge in [-0.1, -0.05) is 6.08 Å². The van der Waals surface area contributed by atoms with Crippen LogP contribution in [-0.4, -0.2) is 66.3 Å². The Morgan fingerprint density at radius 1 is 0.977 bits per heavy atom. The van der Waals surface area contributed by atoms with Crippen LogP contribution < -0.4 is 0 Å². The molecule has 3 aromatic rings. The zero-order chi connectivity index (χ0) is 32.1. The maximum Gasteiger partial charge on any atom is 0.435 e. The maximum absolute atomic E-state index is 12.8. The van der Waals surface area contributed by atoms with Gasteiger partial charge in [-0.15, -0.1) is 11.3 Å². The minimum Gasteiger partial charge on any atom is -0.461 e. The lowest BCUT2D eigenvalue weighted by molar-refractivity contribution is -0.142. The van der Waals surface area contributed by atoms with Gasteiger partial charge in [0.15, 0.2) is 17.1 Å². The summed E-state index contributed by atoms with van der Waals surface area (Å²) in [5.41, 5.74) is -0.345. The number of carbonyl (C=O) groups is 3. The van der Waals surface area contributed by atoms with E-state index >= 15 is 0 Å². The van der Waals surface area contributed by atoms with E-state index in [0.717, 1.165) is 27.1 Å². The highest BCUT2D eigenvalue weighted by atomic mass is 35.5. The summed E-state index contributed by atoms with van der Waals surface area (Å²) in [7, 11) is 0. The van der Waals surface area contributed by atoms with Crippen molar-refractivity contribution in [3.63, 3.8) is 0 Å². The molecule has 0 aliphatic carbocycles. The van der Waals surface area contributed by atoms with Gasteiger partial charge in [-0.05, 0) is 56.5 Å². The number of nitrogens with zero attached hydrogens (tertiary/aromatic N) is 6. The molecule has 0 atom stereocenters. The first-order valence-electron chi connectivity index (χ1n) is 12.5. The molecule has 0 saturated heterocycles. The Bertz CT molecular complexity index is 1510. The average Bonchev–Trinajstić information content (AvgIpc) is 3.64. The average molecular weight is 655 g/mol. The zero-order valence-electron chi connectivity index (χ0n) is 22.9. The Labute approximate surface area is 249 Å². The predicted octanol–water partition coefficient (Wildman–Crippen LogP) is 5.14. The van der Waals surface area contributed by atoms with Crippen LogP contribution in [0.1, 0.15) is 51.6 Å². The fourth-order valence-electron chi connectivity index (χ4n) is 3.77. The number of esters is 1. The van der Waals surface area contributed by atoms with Gasteiger partial charge in [0.2, 0.25) is 11.1 Å². The van der Waals surface area contributed by atoms with Crippen molar-refractivity contribution in [2.45, 2.75) is 52.6 Å². The van der Waals surface area contributed by atoms with Crippen LogP contribution in [0.4, 0.5) is 26.3 Å². The number of aromatic nitrogens is 5. The number of hydrogen-bond donors (Lipinski definition) is 0. The van der Waals surface area contributed by atoms with Crippen LogP contribution in [0.3, 0.4) is 0 Å². The second-order valence-corrected chi connectivity index (χ2v) is 10.4. The summed E-state index contributed by atoms with van der Waals surface area (Å²) in [4.78, 5) is 40.5. The van der Waals surface area contributed by atoms with Crippen molar-refractivity contribution in [3.8, 4) is 0 Å². The second kappa shape index (κ2) is 13.7. The number of halogens is 7. The molecule has 0 bridgehead atoms. The van der Waals surface area contributed by atoms with Crippen LogP contribution >= 0.6 is 22.9 Å². The normalized spacial score (nSPS) is 13.7. The monoisotopic (exact) mass is 654 g/mol. The molecule has 4 heterocycles. The predicted molar refractivity (Wildman–Crippen MR) is 142 cm³/mol. The van der Waals surface area contributed by atoms with Gasteiger partial charge in [0.05, 0.1) is 6.61 Å². The molecule has 0 N–H and O–H groups in total. The molecule has 1 aliphatic rings. The fraction of sp³-hybridized carbons (Fsp3) is 0.440. The molecule has 0 unspecified atom stereocenters. The minimum atomic E-state index is -4.54. The molecule has 18 heteroatoms. The van der Waals surface area contributed by atoms with Crippen molar-refractivity contribution in [3.05, 3.63) is 57.1 Å². The summed E-state index contributed by atoms with van der Waals surface area (Å²) in [6.07, 6.45) is -6.66. The molecule has 43 heavy (non-hydrogen) atoms. The molecule has 3 aromatic heterocycles. The quantitative estimate of drug-likeness (QED) is 0.197. The van der Waals surface area contributed by atoms with E-state index < -0.39 is 35.0 Å². The van der Waals surface area contributed by atoms with Crippen LogP contribution in [0.25, 0.3) is 5.57 Å². The lowest BCUT2D eigenvalue weighted by Crippen LogP contribution is -2.37. The van der Waals surface area contributed by atoms with Gasteiger partial charge >= 0.3 is 18.3 Å². The van der Waals surface area contributed by atoms with E-state index in [9.17, 15) is 40.7 Å². The number of hydrogen-bond acceptors (Lipinski definition) is 8. The molecule has 234 valence electrons. The largest absolute Gasteiger partial charge is 0.461 e. The number of thiazole rings is 1. The Hall–Kier alpha value is -3.73. The van der Waals surface area contributed by atoms with Gasteiger partial charge in [-0.3, -0.25) is 19.0 Å². The number of rotatable bonds is 7. The molecule has 0 saturated carbocycles. The van der Waals surface area contributed by atoms with Crippen LogP contribution in [-0.2, 0) is 39.8 Å². The third-order valence-corrected chi connectivity index (χ3v) is 6.97. The number of carbonyl (C=O) groups excluding carboxylic acids is 3. The Morgan fingerprint density at radius 2 is 1.53 bits per heavy atom. The van der Waals surface area contributed by atoms with Gasteiger partial charge in [0, 0.05) is 29.9 Å². The fourth-order valence-corrected chi connectivity index (χ4v) is 4.75.